The Bertz CT molecular complexity index is 822. The Hall–Kier alpha value is -3.42. The summed E-state index contributed by atoms with van der Waals surface area (Å²) in [6, 6.07) is 12.6. The van der Waals surface area contributed by atoms with E-state index in [2.05, 4.69) is 20.9 Å². The third kappa shape index (κ3) is 6.60. The quantitative estimate of drug-likeness (QED) is 0.338. The van der Waals surface area contributed by atoms with Gasteiger partial charge in [-0.2, -0.15) is 0 Å². The summed E-state index contributed by atoms with van der Waals surface area (Å²) >= 11 is 0. The highest BCUT2D eigenvalue weighted by atomic mass is 16.5. The number of hydrogen-bond donors (Lipinski definition) is 3. The molecular formula is C21H28N4O4. The molecule has 2 aromatic rings. The Morgan fingerprint density at radius 1 is 0.862 bits per heavy atom. The van der Waals surface area contributed by atoms with Crippen molar-refractivity contribution in [3.8, 4) is 17.2 Å². The van der Waals surface area contributed by atoms with Crippen LogP contribution < -0.4 is 30.2 Å². The molecule has 0 heterocycles. The van der Waals surface area contributed by atoms with Crippen LogP contribution in [0.3, 0.4) is 0 Å². The molecule has 0 aliphatic carbocycles. The molecule has 0 fully saturated rings. The highest BCUT2D eigenvalue weighted by Gasteiger charge is 2.07. The zero-order valence-electron chi connectivity index (χ0n) is 17.2. The van der Waals surface area contributed by atoms with Gasteiger partial charge in [0.25, 0.3) is 5.91 Å². The second-order valence-corrected chi connectivity index (χ2v) is 6.01. The van der Waals surface area contributed by atoms with Gasteiger partial charge in [-0.3, -0.25) is 9.79 Å². The van der Waals surface area contributed by atoms with Gasteiger partial charge in [0.15, 0.2) is 5.96 Å². The number of hydrogen-bond acceptors (Lipinski definition) is 5. The van der Waals surface area contributed by atoms with Crippen molar-refractivity contribution >= 4 is 11.9 Å². The Morgan fingerprint density at radius 3 is 2.14 bits per heavy atom. The largest absolute Gasteiger partial charge is 0.497 e. The van der Waals surface area contributed by atoms with Crippen molar-refractivity contribution in [1.82, 2.24) is 16.0 Å². The lowest BCUT2D eigenvalue weighted by molar-refractivity contribution is 0.0954. The topological polar surface area (TPSA) is 93.2 Å². The smallest absolute Gasteiger partial charge is 0.251 e. The predicted molar refractivity (Wildman–Crippen MR) is 113 cm³/mol. The molecule has 8 nitrogen and oxygen atoms in total. The summed E-state index contributed by atoms with van der Waals surface area (Å²) in [5.41, 5.74) is 1.56. The van der Waals surface area contributed by atoms with Crippen LogP contribution in [0.25, 0.3) is 0 Å². The molecule has 0 aromatic heterocycles. The minimum Gasteiger partial charge on any atom is -0.497 e. The zero-order chi connectivity index (χ0) is 21.1. The molecular weight excluding hydrogens is 372 g/mol. The highest BCUT2D eigenvalue weighted by molar-refractivity contribution is 5.94. The second kappa shape index (κ2) is 11.4. The summed E-state index contributed by atoms with van der Waals surface area (Å²) in [6.07, 6.45) is 0. The first kappa shape index (κ1) is 21.9. The van der Waals surface area contributed by atoms with E-state index in [0.717, 1.165) is 17.1 Å². The van der Waals surface area contributed by atoms with Crippen LogP contribution >= 0.6 is 0 Å². The average molecular weight is 400 g/mol. The number of aliphatic imine (C=N–C) groups is 1. The summed E-state index contributed by atoms with van der Waals surface area (Å²) in [5.74, 6) is 2.67. The monoisotopic (exact) mass is 400 g/mol. The lowest BCUT2D eigenvalue weighted by atomic mass is 10.2. The van der Waals surface area contributed by atoms with Crippen LogP contribution in [-0.4, -0.2) is 53.3 Å². The van der Waals surface area contributed by atoms with Gasteiger partial charge in [-0.15, -0.1) is 0 Å². The van der Waals surface area contributed by atoms with Gasteiger partial charge in [0.05, 0.1) is 21.3 Å². The minimum absolute atomic E-state index is 0.139. The first-order valence-corrected chi connectivity index (χ1v) is 9.19. The number of nitrogens with one attached hydrogen (secondary N) is 3. The maximum atomic E-state index is 12.1. The fourth-order valence-corrected chi connectivity index (χ4v) is 2.60. The second-order valence-electron chi connectivity index (χ2n) is 6.01. The van der Waals surface area contributed by atoms with Crippen molar-refractivity contribution in [2.75, 3.05) is 41.5 Å². The molecule has 0 saturated heterocycles. The van der Waals surface area contributed by atoms with Crippen molar-refractivity contribution in [1.29, 1.82) is 0 Å². The molecule has 3 N–H and O–H groups in total. The van der Waals surface area contributed by atoms with Gasteiger partial charge in [-0.1, -0.05) is 0 Å². The van der Waals surface area contributed by atoms with E-state index in [4.69, 9.17) is 14.2 Å². The molecule has 8 heteroatoms. The molecule has 0 saturated carbocycles. The van der Waals surface area contributed by atoms with Crippen LogP contribution in [-0.2, 0) is 6.54 Å². The van der Waals surface area contributed by atoms with Crippen molar-refractivity contribution in [3.63, 3.8) is 0 Å². The molecule has 0 spiro atoms. The van der Waals surface area contributed by atoms with Crippen LogP contribution in [0.15, 0.2) is 47.5 Å². The standard InChI is InChI=1S/C21H28N4O4/c1-22-21(25-14-16-7-10-18(28-3)13-19(16)29-4)24-12-11-23-20(26)15-5-8-17(27-2)9-6-15/h5-10,13H,11-12,14H2,1-4H3,(H,23,26)(H2,22,24,25). The molecule has 0 aliphatic rings. The van der Waals surface area contributed by atoms with Gasteiger partial charge in [-0.05, 0) is 36.4 Å². The molecule has 29 heavy (non-hydrogen) atoms. The van der Waals surface area contributed by atoms with Gasteiger partial charge in [0.1, 0.15) is 17.2 Å². The minimum atomic E-state index is -0.139. The van der Waals surface area contributed by atoms with Crippen molar-refractivity contribution < 1.29 is 19.0 Å². The molecule has 0 atom stereocenters. The number of benzene rings is 2. The number of methoxy groups -OCH3 is 3. The number of guanidine groups is 1. The SMILES string of the molecule is CN=C(NCCNC(=O)c1ccc(OC)cc1)NCc1ccc(OC)cc1OC. The lowest BCUT2D eigenvalue weighted by Crippen LogP contribution is -2.41. The summed E-state index contributed by atoms with van der Waals surface area (Å²) in [4.78, 5) is 16.3. The normalized spacial score (nSPS) is 10.8. The van der Waals surface area contributed by atoms with E-state index in [1.165, 1.54) is 0 Å². The molecule has 156 valence electrons. The van der Waals surface area contributed by atoms with E-state index >= 15 is 0 Å². The summed E-state index contributed by atoms with van der Waals surface area (Å²) in [6.45, 7) is 1.52. The number of carbonyl (C=O) groups excluding carboxylic acids is 1. The Kier molecular flexibility index (Phi) is 8.62. The molecule has 2 rings (SSSR count). The van der Waals surface area contributed by atoms with Gasteiger partial charge in [-0.25, -0.2) is 0 Å². The zero-order valence-corrected chi connectivity index (χ0v) is 17.2. The van der Waals surface area contributed by atoms with Crippen LogP contribution in [0.4, 0.5) is 0 Å². The Morgan fingerprint density at radius 2 is 1.52 bits per heavy atom. The number of ether oxygens (including phenoxy) is 3. The lowest BCUT2D eigenvalue weighted by Gasteiger charge is -2.14. The highest BCUT2D eigenvalue weighted by Crippen LogP contribution is 2.24. The van der Waals surface area contributed by atoms with Crippen molar-refractivity contribution in [2.24, 2.45) is 4.99 Å². The van der Waals surface area contributed by atoms with Crippen LogP contribution in [0.5, 0.6) is 17.2 Å². The fraction of sp³-hybridized carbons (Fsp3) is 0.333. The van der Waals surface area contributed by atoms with Crippen molar-refractivity contribution in [3.05, 3.63) is 53.6 Å². The molecule has 0 aliphatic heterocycles. The van der Waals surface area contributed by atoms with Crippen LogP contribution in [0, 0.1) is 0 Å². The number of rotatable bonds is 9. The summed E-state index contributed by atoms with van der Waals surface area (Å²) in [5, 5.41) is 9.25. The molecule has 0 radical (unpaired) electrons. The number of carbonyl (C=O) groups is 1. The van der Waals surface area contributed by atoms with E-state index in [0.29, 0.717) is 36.9 Å². The van der Waals surface area contributed by atoms with Crippen LogP contribution in [0.1, 0.15) is 15.9 Å². The third-order valence-corrected chi connectivity index (χ3v) is 4.22. The average Bonchev–Trinajstić information content (AvgIpc) is 2.78. The van der Waals surface area contributed by atoms with E-state index in [-0.39, 0.29) is 5.91 Å². The first-order chi connectivity index (χ1) is 14.1. The molecule has 0 bridgehead atoms. The molecule has 0 unspecified atom stereocenters. The number of amides is 1. The summed E-state index contributed by atoms with van der Waals surface area (Å²) in [7, 11) is 6.52. The van der Waals surface area contributed by atoms with Crippen molar-refractivity contribution in [2.45, 2.75) is 6.54 Å². The molecule has 2 aromatic carbocycles. The van der Waals surface area contributed by atoms with E-state index in [1.54, 1.807) is 52.6 Å². The first-order valence-electron chi connectivity index (χ1n) is 9.19. The molecule has 1 amide bonds. The maximum absolute atomic E-state index is 12.1. The van der Waals surface area contributed by atoms with Gasteiger partial charge in [0.2, 0.25) is 0 Å². The van der Waals surface area contributed by atoms with Gasteiger partial charge < -0.3 is 30.2 Å². The maximum Gasteiger partial charge on any atom is 0.251 e. The fourth-order valence-electron chi connectivity index (χ4n) is 2.60. The summed E-state index contributed by atoms with van der Waals surface area (Å²) < 4.78 is 15.7. The Labute approximate surface area is 171 Å². The van der Waals surface area contributed by atoms with E-state index in [1.807, 2.05) is 18.2 Å². The van der Waals surface area contributed by atoms with Gasteiger partial charge in [0, 0.05) is 43.9 Å². The predicted octanol–water partition coefficient (Wildman–Crippen LogP) is 1.81. The number of nitrogens with zero attached hydrogens (tertiary/aromatic N) is 1. The van der Waals surface area contributed by atoms with E-state index < -0.39 is 0 Å². The van der Waals surface area contributed by atoms with E-state index in [9.17, 15) is 4.79 Å². The third-order valence-electron chi connectivity index (χ3n) is 4.22. The Balaban J connectivity index is 1.77. The van der Waals surface area contributed by atoms with Gasteiger partial charge >= 0.3 is 0 Å². The van der Waals surface area contributed by atoms with Crippen LogP contribution in [0.2, 0.25) is 0 Å².